The van der Waals surface area contributed by atoms with Crippen LogP contribution in [0.1, 0.15) is 44.1 Å². The van der Waals surface area contributed by atoms with Crippen molar-refractivity contribution < 1.29 is 4.79 Å². The van der Waals surface area contributed by atoms with E-state index < -0.39 is 0 Å². The lowest BCUT2D eigenvalue weighted by Crippen LogP contribution is -2.46. The quantitative estimate of drug-likeness (QED) is 0.919. The van der Waals surface area contributed by atoms with E-state index in [1.807, 2.05) is 29.1 Å². The Labute approximate surface area is 141 Å². The van der Waals surface area contributed by atoms with Crippen molar-refractivity contribution in [1.82, 2.24) is 24.8 Å². The standard InChI is InChI=1S/C18H23N5O/c24-18(23(16-6-7-16)15-3-1-2-4-15)21-12-14-5-8-17(20-11-14)22-10-9-19-13-22/h5,8-11,13,15-16H,1-4,6-7,12H2,(H,21,24). The monoisotopic (exact) mass is 325 g/mol. The molecular formula is C18H23N5O. The molecule has 0 spiro atoms. The van der Waals surface area contributed by atoms with E-state index in [0.717, 1.165) is 37.1 Å². The molecule has 1 N–H and O–H groups in total. The van der Waals surface area contributed by atoms with Gasteiger partial charge < -0.3 is 10.2 Å². The van der Waals surface area contributed by atoms with Gasteiger partial charge in [-0.05, 0) is 37.3 Å². The van der Waals surface area contributed by atoms with Crippen LogP contribution >= 0.6 is 0 Å². The van der Waals surface area contributed by atoms with Crippen LogP contribution in [0.3, 0.4) is 0 Å². The van der Waals surface area contributed by atoms with Gasteiger partial charge in [0.15, 0.2) is 0 Å². The fraction of sp³-hybridized carbons (Fsp3) is 0.500. The largest absolute Gasteiger partial charge is 0.334 e. The maximum absolute atomic E-state index is 12.6. The number of amides is 2. The Hall–Kier alpha value is -2.37. The van der Waals surface area contributed by atoms with Crippen LogP contribution in [0.5, 0.6) is 0 Å². The zero-order valence-corrected chi connectivity index (χ0v) is 13.8. The van der Waals surface area contributed by atoms with Gasteiger partial charge in [-0.15, -0.1) is 0 Å². The van der Waals surface area contributed by atoms with Gasteiger partial charge in [-0.3, -0.25) is 4.57 Å². The predicted molar refractivity (Wildman–Crippen MR) is 90.7 cm³/mol. The Bertz CT molecular complexity index is 672. The number of urea groups is 1. The third kappa shape index (κ3) is 3.27. The topological polar surface area (TPSA) is 63.1 Å². The maximum atomic E-state index is 12.6. The van der Waals surface area contributed by atoms with Gasteiger partial charge in [-0.1, -0.05) is 18.9 Å². The molecule has 2 heterocycles. The SMILES string of the molecule is O=C(NCc1ccc(-n2ccnc2)nc1)N(C1CCCC1)C1CC1. The van der Waals surface area contributed by atoms with E-state index in [1.54, 1.807) is 12.5 Å². The molecule has 6 nitrogen and oxygen atoms in total. The first-order valence-electron chi connectivity index (χ1n) is 8.81. The minimum atomic E-state index is 0.0862. The number of rotatable bonds is 5. The summed E-state index contributed by atoms with van der Waals surface area (Å²) in [5.74, 6) is 0.827. The number of carbonyl (C=O) groups excluding carboxylic acids is 1. The second kappa shape index (κ2) is 6.63. The summed E-state index contributed by atoms with van der Waals surface area (Å²) >= 11 is 0. The van der Waals surface area contributed by atoms with Gasteiger partial charge in [-0.2, -0.15) is 0 Å². The highest BCUT2D eigenvalue weighted by Gasteiger charge is 2.38. The summed E-state index contributed by atoms with van der Waals surface area (Å²) in [5, 5.41) is 3.08. The van der Waals surface area contributed by atoms with Gasteiger partial charge in [0, 0.05) is 37.2 Å². The van der Waals surface area contributed by atoms with Crippen LogP contribution in [-0.4, -0.2) is 37.5 Å². The normalized spacial score (nSPS) is 17.8. The number of carbonyl (C=O) groups is 1. The van der Waals surface area contributed by atoms with Crippen molar-refractivity contribution in [1.29, 1.82) is 0 Å². The molecule has 2 aromatic heterocycles. The average molecular weight is 325 g/mol. The summed E-state index contributed by atoms with van der Waals surface area (Å²) in [6, 6.07) is 4.94. The summed E-state index contributed by atoms with van der Waals surface area (Å²) < 4.78 is 1.86. The van der Waals surface area contributed by atoms with Gasteiger partial charge in [0.1, 0.15) is 12.1 Å². The summed E-state index contributed by atoms with van der Waals surface area (Å²) in [6.07, 6.45) is 14.3. The summed E-state index contributed by atoms with van der Waals surface area (Å²) in [5.41, 5.74) is 1.01. The predicted octanol–water partition coefficient (Wildman–Crippen LogP) is 2.88. The first-order valence-corrected chi connectivity index (χ1v) is 8.81. The van der Waals surface area contributed by atoms with E-state index in [1.165, 1.54) is 12.8 Å². The van der Waals surface area contributed by atoms with E-state index >= 15 is 0 Å². The maximum Gasteiger partial charge on any atom is 0.318 e. The van der Waals surface area contributed by atoms with Gasteiger partial charge in [-0.25, -0.2) is 14.8 Å². The molecule has 2 aromatic rings. The molecule has 0 saturated heterocycles. The molecule has 2 aliphatic carbocycles. The minimum Gasteiger partial charge on any atom is -0.334 e. The highest BCUT2D eigenvalue weighted by molar-refractivity contribution is 5.75. The van der Waals surface area contributed by atoms with E-state index in [-0.39, 0.29) is 6.03 Å². The summed E-state index contributed by atoms with van der Waals surface area (Å²) in [7, 11) is 0. The van der Waals surface area contributed by atoms with Crippen LogP contribution in [-0.2, 0) is 6.54 Å². The molecular weight excluding hydrogens is 302 g/mol. The van der Waals surface area contributed by atoms with Crippen LogP contribution in [0.2, 0.25) is 0 Å². The molecule has 2 fully saturated rings. The van der Waals surface area contributed by atoms with Gasteiger partial charge in [0.05, 0.1) is 0 Å². The lowest BCUT2D eigenvalue weighted by Gasteiger charge is -2.29. The minimum absolute atomic E-state index is 0.0862. The molecule has 126 valence electrons. The molecule has 24 heavy (non-hydrogen) atoms. The molecule has 0 aliphatic heterocycles. The number of nitrogens with zero attached hydrogens (tertiary/aromatic N) is 4. The third-order valence-electron chi connectivity index (χ3n) is 4.91. The second-order valence-corrected chi connectivity index (χ2v) is 6.73. The first-order chi connectivity index (χ1) is 11.8. The van der Waals surface area contributed by atoms with Crippen molar-refractivity contribution in [3.05, 3.63) is 42.6 Å². The van der Waals surface area contributed by atoms with Crippen LogP contribution in [0, 0.1) is 0 Å². The summed E-state index contributed by atoms with van der Waals surface area (Å²) in [6.45, 7) is 0.520. The van der Waals surface area contributed by atoms with E-state index in [0.29, 0.717) is 18.6 Å². The van der Waals surface area contributed by atoms with Crippen molar-refractivity contribution in [3.8, 4) is 5.82 Å². The Morgan fingerprint density at radius 1 is 1.21 bits per heavy atom. The van der Waals surface area contributed by atoms with Crippen LogP contribution in [0.25, 0.3) is 5.82 Å². The third-order valence-corrected chi connectivity index (χ3v) is 4.91. The number of nitrogens with one attached hydrogen (secondary N) is 1. The smallest absolute Gasteiger partial charge is 0.318 e. The highest BCUT2D eigenvalue weighted by Crippen LogP contribution is 2.34. The molecule has 0 bridgehead atoms. The second-order valence-electron chi connectivity index (χ2n) is 6.73. The van der Waals surface area contributed by atoms with Crippen molar-refractivity contribution in [2.75, 3.05) is 0 Å². The van der Waals surface area contributed by atoms with Crippen molar-refractivity contribution in [3.63, 3.8) is 0 Å². The number of imidazole rings is 1. The molecule has 2 amide bonds. The molecule has 0 radical (unpaired) electrons. The summed E-state index contributed by atoms with van der Waals surface area (Å²) in [4.78, 5) is 23.2. The molecule has 6 heteroatoms. The lowest BCUT2D eigenvalue weighted by molar-refractivity contribution is 0.170. The number of aromatic nitrogens is 3. The number of hydrogen-bond donors (Lipinski definition) is 1. The molecule has 2 aliphatic rings. The molecule has 0 aromatic carbocycles. The number of pyridine rings is 1. The Morgan fingerprint density at radius 3 is 2.62 bits per heavy atom. The zero-order valence-electron chi connectivity index (χ0n) is 13.8. The van der Waals surface area contributed by atoms with Crippen molar-refractivity contribution in [2.45, 2.75) is 57.2 Å². The highest BCUT2D eigenvalue weighted by atomic mass is 16.2. The molecule has 0 atom stereocenters. The van der Waals surface area contributed by atoms with E-state index in [2.05, 4.69) is 20.2 Å². The molecule has 4 rings (SSSR count). The van der Waals surface area contributed by atoms with E-state index in [4.69, 9.17) is 0 Å². The molecule has 2 saturated carbocycles. The van der Waals surface area contributed by atoms with Gasteiger partial charge in [0.2, 0.25) is 0 Å². The van der Waals surface area contributed by atoms with Crippen LogP contribution in [0.4, 0.5) is 4.79 Å². The van der Waals surface area contributed by atoms with Crippen molar-refractivity contribution in [2.24, 2.45) is 0 Å². The van der Waals surface area contributed by atoms with Crippen LogP contribution in [0.15, 0.2) is 37.1 Å². The van der Waals surface area contributed by atoms with Crippen molar-refractivity contribution >= 4 is 6.03 Å². The van der Waals surface area contributed by atoms with Crippen LogP contribution < -0.4 is 5.32 Å². The number of hydrogen-bond acceptors (Lipinski definition) is 3. The Balaban J connectivity index is 1.36. The van der Waals surface area contributed by atoms with Gasteiger partial charge >= 0.3 is 6.03 Å². The lowest BCUT2D eigenvalue weighted by atomic mass is 10.2. The first kappa shape index (κ1) is 15.2. The zero-order chi connectivity index (χ0) is 16.4. The van der Waals surface area contributed by atoms with Gasteiger partial charge in [0.25, 0.3) is 0 Å². The Kier molecular flexibility index (Phi) is 4.19. The van der Waals surface area contributed by atoms with E-state index in [9.17, 15) is 4.79 Å². The fourth-order valence-electron chi connectivity index (χ4n) is 3.50. The average Bonchev–Trinajstić information content (AvgIpc) is 3.06. The fourth-order valence-corrected chi connectivity index (χ4v) is 3.50. The molecule has 0 unspecified atom stereocenters. The Morgan fingerprint density at radius 2 is 2.00 bits per heavy atom.